The van der Waals surface area contributed by atoms with Gasteiger partial charge in [-0.1, -0.05) is 79.1 Å². The number of carbonyl (C=O) groups is 1. The number of rotatable bonds is 17. The van der Waals surface area contributed by atoms with Gasteiger partial charge in [0.2, 0.25) is 0 Å². The van der Waals surface area contributed by atoms with Crippen LogP contribution in [0, 0.1) is 5.92 Å². The molecule has 0 saturated heterocycles. The number of aryl methyl sites for hydroxylation is 2. The molecule has 0 bridgehead atoms. The zero-order valence-corrected chi connectivity index (χ0v) is 20.2. The first-order valence-electron chi connectivity index (χ1n) is 12.3. The van der Waals surface area contributed by atoms with Crippen LogP contribution in [-0.2, 0) is 17.9 Å². The van der Waals surface area contributed by atoms with Gasteiger partial charge in [-0.05, 0) is 38.0 Å². The van der Waals surface area contributed by atoms with Crippen LogP contribution in [0.4, 0.5) is 0 Å². The molecule has 0 amide bonds. The third-order valence-electron chi connectivity index (χ3n) is 5.15. The van der Waals surface area contributed by atoms with E-state index in [1.54, 1.807) is 0 Å². The van der Waals surface area contributed by atoms with Crippen LogP contribution in [-0.4, -0.2) is 21.9 Å². The lowest BCUT2D eigenvalue weighted by Gasteiger charge is -2.13. The second-order valence-corrected chi connectivity index (χ2v) is 8.80. The topological polar surface area (TPSA) is 87.9 Å². The lowest BCUT2D eigenvalue weighted by atomic mass is 10.1. The maximum Gasteiger partial charge on any atom is 0.155 e. The molecular formula is C24H48N4O2. The van der Waals surface area contributed by atoms with Gasteiger partial charge in [0.25, 0.3) is 0 Å². The summed E-state index contributed by atoms with van der Waals surface area (Å²) in [6, 6.07) is -0.801. The maximum atomic E-state index is 10.00. The van der Waals surface area contributed by atoms with Gasteiger partial charge >= 0.3 is 0 Å². The number of aliphatic carboxylic acids is 1. The Bertz CT molecular complexity index is 487. The average Bonchev–Trinajstić information content (AvgIpc) is 3.15. The Morgan fingerprint density at radius 2 is 1.50 bits per heavy atom. The lowest BCUT2D eigenvalue weighted by Crippen LogP contribution is -2.42. The zero-order valence-electron chi connectivity index (χ0n) is 20.2. The van der Waals surface area contributed by atoms with Gasteiger partial charge in [0.05, 0.1) is 11.2 Å². The van der Waals surface area contributed by atoms with Gasteiger partial charge in [-0.3, -0.25) is 0 Å². The normalized spacial score (nSPS) is 11.9. The van der Waals surface area contributed by atoms with Crippen LogP contribution in [0.25, 0.3) is 0 Å². The van der Waals surface area contributed by atoms with Crippen molar-refractivity contribution >= 4 is 5.97 Å². The molecule has 30 heavy (non-hydrogen) atoms. The summed E-state index contributed by atoms with van der Waals surface area (Å²) < 4.78 is 4.22. The van der Waals surface area contributed by atoms with Crippen molar-refractivity contribution in [1.29, 1.82) is 0 Å². The lowest BCUT2D eigenvalue weighted by molar-refractivity contribution is -0.755. The largest absolute Gasteiger partial charge is 0.548 e. The summed E-state index contributed by atoms with van der Waals surface area (Å²) in [5.74, 6) is -0.846. The van der Waals surface area contributed by atoms with Crippen LogP contribution in [0.1, 0.15) is 111 Å². The highest BCUT2D eigenvalue weighted by atomic mass is 16.4. The summed E-state index contributed by atoms with van der Waals surface area (Å²) in [7, 11) is 0. The van der Waals surface area contributed by atoms with E-state index in [2.05, 4.69) is 40.8 Å². The molecule has 2 N–H and O–H groups in total. The Morgan fingerprint density at radius 3 is 2.00 bits per heavy atom. The van der Waals surface area contributed by atoms with Crippen molar-refractivity contribution < 1.29 is 14.6 Å². The highest BCUT2D eigenvalue weighted by Crippen LogP contribution is 2.06. The van der Waals surface area contributed by atoms with Crippen LogP contribution >= 0.6 is 0 Å². The number of nitrogens with two attached hydrogens (primary N) is 1. The van der Waals surface area contributed by atoms with Gasteiger partial charge in [-0.15, -0.1) is 9.36 Å². The predicted molar refractivity (Wildman–Crippen MR) is 122 cm³/mol. The quantitative estimate of drug-likeness (QED) is 0.302. The minimum absolute atomic E-state index is 0.317. The molecule has 0 spiro atoms. The first-order chi connectivity index (χ1) is 14.4. The van der Waals surface area contributed by atoms with E-state index in [1.165, 1.54) is 77.0 Å². The molecule has 1 aromatic rings. The van der Waals surface area contributed by atoms with Crippen molar-refractivity contribution in [3.05, 3.63) is 12.4 Å². The van der Waals surface area contributed by atoms with E-state index in [0.29, 0.717) is 12.3 Å². The van der Waals surface area contributed by atoms with E-state index in [1.807, 2.05) is 13.8 Å². The fourth-order valence-corrected chi connectivity index (χ4v) is 3.31. The number of aromatic nitrogens is 3. The first-order valence-corrected chi connectivity index (χ1v) is 12.3. The number of hydrogen-bond donors (Lipinski definition) is 1. The molecule has 0 fully saturated rings. The summed E-state index contributed by atoms with van der Waals surface area (Å²) in [6.07, 6.45) is 21.0. The Balaban J connectivity index is 0.000000787. The van der Waals surface area contributed by atoms with Crippen molar-refractivity contribution in [2.24, 2.45) is 11.7 Å². The third kappa shape index (κ3) is 17.4. The van der Waals surface area contributed by atoms with E-state index in [0.717, 1.165) is 13.1 Å². The SMILES string of the molecule is CC(C)C[C@H](N)C(=O)[O-].CCCCCCCCn1cc[n+](CCCCCCCC)n1. The molecule has 0 aliphatic carbocycles. The van der Waals surface area contributed by atoms with Crippen LogP contribution in [0.15, 0.2) is 12.4 Å². The van der Waals surface area contributed by atoms with Gasteiger partial charge in [0.1, 0.15) is 13.1 Å². The standard InChI is InChI=1S/C18H36N3.C6H13NO2/c1-3-5-7-9-11-13-15-20-17-18-21(19-20)16-14-12-10-8-6-4-2;1-4(2)3-5(7)6(8)9/h17-18H,3-16H2,1-2H3;4-5H,3,7H2,1-2H3,(H,8,9)/q+1;/p-1/t;5-/m.0/s1. The minimum Gasteiger partial charge on any atom is -0.548 e. The molecule has 6 heteroatoms. The van der Waals surface area contributed by atoms with Crippen LogP contribution < -0.4 is 15.5 Å². The number of carboxylic acid groups (broad SMARTS) is 1. The molecule has 6 nitrogen and oxygen atoms in total. The number of unbranched alkanes of at least 4 members (excludes halogenated alkanes) is 10. The monoisotopic (exact) mass is 424 g/mol. The molecule has 1 heterocycles. The van der Waals surface area contributed by atoms with E-state index in [4.69, 9.17) is 5.73 Å². The van der Waals surface area contributed by atoms with Gasteiger partial charge in [-0.25, -0.2) is 0 Å². The molecule has 1 rings (SSSR count). The van der Waals surface area contributed by atoms with Crippen LogP contribution in [0.3, 0.4) is 0 Å². The molecule has 0 radical (unpaired) electrons. The van der Waals surface area contributed by atoms with Crippen molar-refractivity contribution in [3.63, 3.8) is 0 Å². The summed E-state index contributed by atoms with van der Waals surface area (Å²) in [5.41, 5.74) is 5.16. The van der Waals surface area contributed by atoms with Gasteiger partial charge < -0.3 is 15.6 Å². The van der Waals surface area contributed by atoms with E-state index >= 15 is 0 Å². The van der Waals surface area contributed by atoms with Gasteiger partial charge in [0, 0.05) is 6.04 Å². The molecule has 1 atom stereocenters. The smallest absolute Gasteiger partial charge is 0.155 e. The van der Waals surface area contributed by atoms with E-state index < -0.39 is 12.0 Å². The van der Waals surface area contributed by atoms with Crippen LogP contribution in [0.5, 0.6) is 0 Å². The molecule has 0 saturated carbocycles. The predicted octanol–water partition coefficient (Wildman–Crippen LogP) is 4.00. The molecule has 0 aliphatic heterocycles. The van der Waals surface area contributed by atoms with Gasteiger partial charge in [-0.2, -0.15) is 0 Å². The molecule has 1 aromatic heterocycles. The Morgan fingerprint density at radius 1 is 0.967 bits per heavy atom. The highest BCUT2D eigenvalue weighted by Gasteiger charge is 2.05. The summed E-state index contributed by atoms with van der Waals surface area (Å²) in [4.78, 5) is 10.00. The maximum absolute atomic E-state index is 10.00. The number of hydrogen-bond acceptors (Lipinski definition) is 4. The first kappa shape index (κ1) is 28.6. The number of carbonyl (C=O) groups excluding carboxylic acids is 1. The zero-order chi connectivity index (χ0) is 22.6. The van der Waals surface area contributed by atoms with Crippen molar-refractivity contribution in [2.75, 3.05) is 0 Å². The molecule has 0 unspecified atom stereocenters. The number of nitrogens with zero attached hydrogens (tertiary/aromatic N) is 3. The summed E-state index contributed by atoms with van der Waals surface area (Å²) in [6.45, 7) is 10.5. The third-order valence-corrected chi connectivity index (χ3v) is 5.15. The van der Waals surface area contributed by atoms with Crippen molar-refractivity contribution in [1.82, 2.24) is 9.90 Å². The summed E-state index contributed by atoms with van der Waals surface area (Å²) >= 11 is 0. The second-order valence-electron chi connectivity index (χ2n) is 8.80. The Kier molecular flexibility index (Phi) is 18.6. The van der Waals surface area contributed by atoms with E-state index in [9.17, 15) is 9.90 Å². The Hall–Kier alpha value is -1.43. The minimum atomic E-state index is -1.16. The van der Waals surface area contributed by atoms with Crippen molar-refractivity contribution in [2.45, 2.75) is 130 Å². The fourth-order valence-electron chi connectivity index (χ4n) is 3.31. The van der Waals surface area contributed by atoms with Crippen LogP contribution in [0.2, 0.25) is 0 Å². The second kappa shape index (κ2) is 19.5. The number of carboxylic acids is 1. The Labute approximate surface area is 185 Å². The van der Waals surface area contributed by atoms with Gasteiger partial charge in [0.15, 0.2) is 12.4 Å². The molecule has 176 valence electrons. The van der Waals surface area contributed by atoms with Crippen molar-refractivity contribution in [3.8, 4) is 0 Å². The average molecular weight is 425 g/mol. The molecular weight excluding hydrogens is 376 g/mol. The molecule has 0 aromatic carbocycles. The fraction of sp³-hybridized carbons (Fsp3) is 0.875. The highest BCUT2D eigenvalue weighted by molar-refractivity contribution is 5.70. The molecule has 0 aliphatic rings. The summed E-state index contributed by atoms with van der Waals surface area (Å²) in [5, 5.41) is 14.6. The van der Waals surface area contributed by atoms with E-state index in [-0.39, 0.29) is 0 Å².